The van der Waals surface area contributed by atoms with Crippen LogP contribution in [0.5, 0.6) is 11.5 Å². The second kappa shape index (κ2) is 6.45. The zero-order valence-corrected chi connectivity index (χ0v) is 13.5. The molecule has 0 unspecified atom stereocenters. The van der Waals surface area contributed by atoms with Crippen LogP contribution in [0.15, 0.2) is 27.4 Å². The van der Waals surface area contributed by atoms with Crippen LogP contribution in [0.1, 0.15) is 31.2 Å². The number of hydrogen-bond donors (Lipinski definition) is 1. The van der Waals surface area contributed by atoms with Crippen LogP contribution in [-0.4, -0.2) is 36.0 Å². The summed E-state index contributed by atoms with van der Waals surface area (Å²) in [6, 6.07) is 5.54. The maximum absolute atomic E-state index is 12.0. The third-order valence-electron chi connectivity index (χ3n) is 4.91. The van der Waals surface area contributed by atoms with Crippen molar-refractivity contribution in [2.75, 3.05) is 19.9 Å². The molecular formula is C18H21NO5. The molecule has 0 amide bonds. The second-order valence-electron chi connectivity index (χ2n) is 6.42. The Kier molecular flexibility index (Phi) is 4.16. The van der Waals surface area contributed by atoms with Gasteiger partial charge in [0, 0.05) is 36.7 Å². The number of aliphatic hydroxyl groups excluding tert-OH is 1. The van der Waals surface area contributed by atoms with Crippen LogP contribution >= 0.6 is 0 Å². The van der Waals surface area contributed by atoms with Gasteiger partial charge in [0.2, 0.25) is 6.79 Å². The molecule has 2 aliphatic rings. The van der Waals surface area contributed by atoms with Crippen LogP contribution in [0, 0.1) is 0 Å². The lowest BCUT2D eigenvalue weighted by molar-refractivity contribution is 0.113. The van der Waals surface area contributed by atoms with Crippen molar-refractivity contribution in [1.29, 1.82) is 0 Å². The first-order valence-corrected chi connectivity index (χ1v) is 8.46. The molecule has 3 heterocycles. The Balaban J connectivity index is 1.71. The Morgan fingerprint density at radius 1 is 1.17 bits per heavy atom. The first-order chi connectivity index (χ1) is 11.7. The van der Waals surface area contributed by atoms with Crippen LogP contribution in [0.2, 0.25) is 0 Å². The standard InChI is InChI=1S/C18H21NO5/c20-6-4-13-3-1-2-5-19(13)10-12-7-18(21)24-15-9-17-16(8-14(12)15)22-11-23-17/h7-9,13,20H,1-6,10-11H2/t13-/m0/s1. The molecule has 0 bridgehead atoms. The van der Waals surface area contributed by atoms with E-state index in [9.17, 15) is 9.90 Å². The number of benzene rings is 1. The smallest absolute Gasteiger partial charge is 0.336 e. The predicted molar refractivity (Wildman–Crippen MR) is 88.4 cm³/mol. The lowest BCUT2D eigenvalue weighted by Gasteiger charge is -2.35. The molecule has 0 saturated carbocycles. The molecular weight excluding hydrogens is 310 g/mol. The summed E-state index contributed by atoms with van der Waals surface area (Å²) in [7, 11) is 0. The van der Waals surface area contributed by atoms with Crippen LogP contribution in [-0.2, 0) is 6.54 Å². The summed E-state index contributed by atoms with van der Waals surface area (Å²) in [5.74, 6) is 1.29. The van der Waals surface area contributed by atoms with Gasteiger partial charge in [-0.15, -0.1) is 0 Å². The zero-order valence-electron chi connectivity index (χ0n) is 13.5. The molecule has 0 aliphatic carbocycles. The van der Waals surface area contributed by atoms with E-state index >= 15 is 0 Å². The zero-order chi connectivity index (χ0) is 16.5. The van der Waals surface area contributed by atoms with E-state index in [0.717, 1.165) is 36.8 Å². The van der Waals surface area contributed by atoms with E-state index in [0.29, 0.717) is 29.7 Å². The van der Waals surface area contributed by atoms with Crippen molar-refractivity contribution < 1.29 is 19.0 Å². The lowest BCUT2D eigenvalue weighted by Crippen LogP contribution is -2.39. The number of rotatable bonds is 4. The van der Waals surface area contributed by atoms with Gasteiger partial charge >= 0.3 is 5.63 Å². The summed E-state index contributed by atoms with van der Waals surface area (Å²) in [6.45, 7) is 2.04. The lowest BCUT2D eigenvalue weighted by atomic mass is 9.98. The number of aliphatic hydroxyl groups is 1. The van der Waals surface area contributed by atoms with E-state index in [-0.39, 0.29) is 19.0 Å². The molecule has 1 aromatic carbocycles. The third kappa shape index (κ3) is 2.87. The Labute approximate surface area is 139 Å². The van der Waals surface area contributed by atoms with Crippen LogP contribution < -0.4 is 15.1 Å². The van der Waals surface area contributed by atoms with Crippen molar-refractivity contribution in [2.24, 2.45) is 0 Å². The van der Waals surface area contributed by atoms with Gasteiger partial charge in [0.15, 0.2) is 11.5 Å². The van der Waals surface area contributed by atoms with Gasteiger partial charge in [-0.2, -0.15) is 0 Å². The molecule has 1 fully saturated rings. The van der Waals surface area contributed by atoms with E-state index in [4.69, 9.17) is 13.9 Å². The quantitative estimate of drug-likeness (QED) is 0.867. The van der Waals surface area contributed by atoms with Crippen LogP contribution in [0.4, 0.5) is 0 Å². The normalized spacial score (nSPS) is 20.6. The second-order valence-corrected chi connectivity index (χ2v) is 6.42. The van der Waals surface area contributed by atoms with E-state index in [1.165, 1.54) is 6.42 Å². The van der Waals surface area contributed by atoms with E-state index < -0.39 is 0 Å². The molecule has 128 valence electrons. The molecule has 6 heteroatoms. The first-order valence-electron chi connectivity index (χ1n) is 8.46. The van der Waals surface area contributed by atoms with Gasteiger partial charge in [0.1, 0.15) is 5.58 Å². The number of fused-ring (bicyclic) bond motifs is 2. The topological polar surface area (TPSA) is 72.1 Å². The van der Waals surface area contributed by atoms with Crippen molar-refractivity contribution in [3.8, 4) is 11.5 Å². The number of likely N-dealkylation sites (tertiary alicyclic amines) is 1. The molecule has 0 radical (unpaired) electrons. The monoisotopic (exact) mass is 331 g/mol. The molecule has 2 aromatic rings. The Bertz CT molecular complexity index is 798. The van der Waals surface area contributed by atoms with Crippen molar-refractivity contribution in [1.82, 2.24) is 4.90 Å². The van der Waals surface area contributed by atoms with E-state index in [2.05, 4.69) is 4.90 Å². The average molecular weight is 331 g/mol. The molecule has 1 aromatic heterocycles. The molecule has 1 saturated heterocycles. The van der Waals surface area contributed by atoms with Crippen molar-refractivity contribution in [2.45, 2.75) is 38.3 Å². The predicted octanol–water partition coefficient (Wildman–Crippen LogP) is 2.26. The highest BCUT2D eigenvalue weighted by molar-refractivity contribution is 5.84. The minimum absolute atomic E-state index is 0.190. The molecule has 1 atom stereocenters. The average Bonchev–Trinajstić information content (AvgIpc) is 3.02. The fourth-order valence-corrected chi connectivity index (χ4v) is 3.71. The summed E-state index contributed by atoms with van der Waals surface area (Å²) < 4.78 is 16.2. The van der Waals surface area contributed by atoms with Crippen molar-refractivity contribution in [3.63, 3.8) is 0 Å². The molecule has 4 rings (SSSR count). The van der Waals surface area contributed by atoms with Gasteiger partial charge in [0.05, 0.1) is 0 Å². The van der Waals surface area contributed by atoms with Gasteiger partial charge in [-0.3, -0.25) is 4.90 Å². The Morgan fingerprint density at radius 3 is 2.83 bits per heavy atom. The summed E-state index contributed by atoms with van der Waals surface area (Å²) >= 11 is 0. The molecule has 24 heavy (non-hydrogen) atoms. The van der Waals surface area contributed by atoms with Gasteiger partial charge in [-0.25, -0.2) is 4.79 Å². The molecule has 2 aliphatic heterocycles. The minimum Gasteiger partial charge on any atom is -0.454 e. The molecule has 1 N–H and O–H groups in total. The van der Waals surface area contributed by atoms with Crippen molar-refractivity contribution >= 4 is 11.0 Å². The van der Waals surface area contributed by atoms with Crippen LogP contribution in [0.25, 0.3) is 11.0 Å². The van der Waals surface area contributed by atoms with Gasteiger partial charge in [0.25, 0.3) is 0 Å². The fourth-order valence-electron chi connectivity index (χ4n) is 3.71. The molecule has 6 nitrogen and oxygen atoms in total. The number of piperidine rings is 1. The third-order valence-corrected chi connectivity index (χ3v) is 4.91. The van der Waals surface area contributed by atoms with Gasteiger partial charge < -0.3 is 19.0 Å². The number of nitrogens with zero attached hydrogens (tertiary/aromatic N) is 1. The highest BCUT2D eigenvalue weighted by Crippen LogP contribution is 2.37. The fraction of sp³-hybridized carbons (Fsp3) is 0.500. The minimum atomic E-state index is -0.355. The van der Waals surface area contributed by atoms with Crippen molar-refractivity contribution in [3.05, 3.63) is 34.2 Å². The summed E-state index contributed by atoms with van der Waals surface area (Å²) in [6.07, 6.45) is 4.20. The summed E-state index contributed by atoms with van der Waals surface area (Å²) in [5, 5.41) is 10.2. The Hall–Kier alpha value is -2.05. The van der Waals surface area contributed by atoms with E-state index in [1.54, 1.807) is 12.1 Å². The number of hydrogen-bond acceptors (Lipinski definition) is 6. The summed E-state index contributed by atoms with van der Waals surface area (Å²) in [4.78, 5) is 14.3. The van der Waals surface area contributed by atoms with E-state index in [1.807, 2.05) is 6.07 Å². The highest BCUT2D eigenvalue weighted by atomic mass is 16.7. The van der Waals surface area contributed by atoms with Gasteiger partial charge in [-0.1, -0.05) is 6.42 Å². The molecule has 0 spiro atoms. The largest absolute Gasteiger partial charge is 0.454 e. The van der Waals surface area contributed by atoms with Gasteiger partial charge in [-0.05, 0) is 37.4 Å². The highest BCUT2D eigenvalue weighted by Gasteiger charge is 2.24. The summed E-state index contributed by atoms with van der Waals surface area (Å²) in [5.41, 5.74) is 1.11. The first kappa shape index (κ1) is 15.5. The maximum atomic E-state index is 12.0. The Morgan fingerprint density at radius 2 is 2.00 bits per heavy atom. The maximum Gasteiger partial charge on any atom is 0.336 e. The van der Waals surface area contributed by atoms with Crippen LogP contribution in [0.3, 0.4) is 0 Å². The SMILES string of the molecule is O=c1cc(CN2CCCC[C@H]2CCO)c2cc3c(cc2o1)OCO3. The number of ether oxygens (including phenoxy) is 2.